The molecular weight excluding hydrogens is 234 g/mol. The molecule has 0 aliphatic rings. The molecule has 0 bridgehead atoms. The van der Waals surface area contributed by atoms with Gasteiger partial charge in [0, 0.05) is 5.39 Å². The molecule has 6 nitrogen and oxygen atoms in total. The molecule has 18 heavy (non-hydrogen) atoms. The third kappa shape index (κ3) is 1.32. The number of nitrogens with zero attached hydrogens (tertiary/aromatic N) is 2. The highest BCUT2D eigenvalue weighted by Gasteiger charge is 2.16. The number of pyridine rings is 1. The summed E-state index contributed by atoms with van der Waals surface area (Å²) in [6, 6.07) is 7.28. The first-order valence-corrected chi connectivity index (χ1v) is 5.29. The number of aromatic amines is 1. The smallest absolute Gasteiger partial charge is 0.422 e. The molecule has 6 heteroatoms. The Morgan fingerprint density at radius 1 is 1.39 bits per heavy atom. The van der Waals surface area contributed by atoms with Crippen LogP contribution in [0.25, 0.3) is 21.9 Å². The van der Waals surface area contributed by atoms with Crippen molar-refractivity contribution in [3.05, 3.63) is 40.9 Å². The molecular formula is C12H9N3O3. The van der Waals surface area contributed by atoms with Crippen LogP contribution >= 0.6 is 0 Å². The van der Waals surface area contributed by atoms with Crippen molar-refractivity contribution in [2.24, 2.45) is 0 Å². The van der Waals surface area contributed by atoms with Crippen LogP contribution in [0.2, 0.25) is 0 Å². The predicted octanol–water partition coefficient (Wildman–Crippen LogP) is 1.49. The molecule has 2 aromatic heterocycles. The van der Waals surface area contributed by atoms with Crippen molar-refractivity contribution in [3.8, 4) is 0 Å². The van der Waals surface area contributed by atoms with Gasteiger partial charge in [-0.2, -0.15) is 4.57 Å². The first kappa shape index (κ1) is 10.5. The number of hydrogen-bond acceptors (Lipinski definition) is 4. The molecule has 0 atom stereocenters. The minimum absolute atomic E-state index is 0.484. The summed E-state index contributed by atoms with van der Waals surface area (Å²) in [6.07, 6.45) is 0.806. The lowest BCUT2D eigenvalue weighted by molar-refractivity contribution is 0.173. The lowest BCUT2D eigenvalue weighted by atomic mass is 10.2. The maximum Gasteiger partial charge on any atom is 0.422 e. The second-order valence-corrected chi connectivity index (χ2v) is 3.77. The monoisotopic (exact) mass is 243 g/mol. The highest BCUT2D eigenvalue weighted by Crippen LogP contribution is 2.21. The summed E-state index contributed by atoms with van der Waals surface area (Å²) >= 11 is 0. The van der Waals surface area contributed by atoms with E-state index in [9.17, 15) is 9.59 Å². The van der Waals surface area contributed by atoms with Gasteiger partial charge in [0.2, 0.25) is 0 Å². The molecule has 0 radical (unpaired) electrons. The molecule has 1 aromatic carbocycles. The van der Waals surface area contributed by atoms with Gasteiger partial charge in [-0.15, -0.1) is 0 Å². The Bertz CT molecular complexity index is 816. The van der Waals surface area contributed by atoms with Crippen molar-refractivity contribution in [2.75, 3.05) is 7.11 Å². The van der Waals surface area contributed by atoms with Gasteiger partial charge in [-0.05, 0) is 6.07 Å². The molecule has 3 rings (SSSR count). The molecule has 90 valence electrons. The molecule has 0 aliphatic carbocycles. The first-order valence-electron chi connectivity index (χ1n) is 5.29. The van der Waals surface area contributed by atoms with Gasteiger partial charge in [0.05, 0.1) is 29.9 Å². The van der Waals surface area contributed by atoms with E-state index in [1.807, 2.05) is 18.2 Å². The van der Waals surface area contributed by atoms with Gasteiger partial charge < -0.3 is 9.72 Å². The van der Waals surface area contributed by atoms with E-state index in [2.05, 4.69) is 14.7 Å². The number of imidazole rings is 1. The van der Waals surface area contributed by atoms with Crippen LogP contribution < -0.4 is 5.69 Å². The van der Waals surface area contributed by atoms with E-state index in [1.54, 1.807) is 6.07 Å². The van der Waals surface area contributed by atoms with Gasteiger partial charge in [-0.3, -0.25) is 4.98 Å². The first-order chi connectivity index (χ1) is 8.72. The average molecular weight is 243 g/mol. The van der Waals surface area contributed by atoms with E-state index >= 15 is 0 Å². The van der Waals surface area contributed by atoms with Gasteiger partial charge >= 0.3 is 11.8 Å². The number of hydrogen-bond donors (Lipinski definition) is 1. The van der Waals surface area contributed by atoms with Crippen LogP contribution in [-0.4, -0.2) is 27.7 Å². The zero-order chi connectivity index (χ0) is 12.7. The van der Waals surface area contributed by atoms with Crippen molar-refractivity contribution in [1.29, 1.82) is 0 Å². The number of H-pyrrole nitrogens is 1. The van der Waals surface area contributed by atoms with E-state index in [1.165, 1.54) is 13.3 Å². The Morgan fingerprint density at radius 2 is 2.17 bits per heavy atom. The van der Waals surface area contributed by atoms with Crippen molar-refractivity contribution < 1.29 is 9.53 Å². The third-order valence-electron chi connectivity index (χ3n) is 2.77. The number of aromatic nitrogens is 3. The Hall–Kier alpha value is -2.63. The van der Waals surface area contributed by atoms with Gasteiger partial charge in [0.15, 0.2) is 0 Å². The highest BCUT2D eigenvalue weighted by atomic mass is 16.5. The van der Waals surface area contributed by atoms with Gasteiger partial charge in [-0.1, -0.05) is 18.2 Å². The molecule has 0 aliphatic heterocycles. The predicted molar refractivity (Wildman–Crippen MR) is 65.7 cm³/mol. The lowest BCUT2D eigenvalue weighted by Crippen LogP contribution is -2.24. The number of carbonyl (C=O) groups excluding carboxylic acids is 1. The number of carbonyl (C=O) groups is 1. The molecule has 0 saturated heterocycles. The molecule has 0 fully saturated rings. The summed E-state index contributed by atoms with van der Waals surface area (Å²) in [5.74, 6) is 0. The second kappa shape index (κ2) is 3.69. The normalized spacial score (nSPS) is 10.9. The van der Waals surface area contributed by atoms with Crippen molar-refractivity contribution in [1.82, 2.24) is 14.5 Å². The zero-order valence-corrected chi connectivity index (χ0v) is 9.51. The number of ether oxygens (including phenoxy) is 1. The summed E-state index contributed by atoms with van der Waals surface area (Å²) in [6.45, 7) is 0. The summed E-state index contributed by atoms with van der Waals surface area (Å²) in [5.41, 5.74) is 1.17. The van der Waals surface area contributed by atoms with Gasteiger partial charge in [0.1, 0.15) is 0 Å². The highest BCUT2D eigenvalue weighted by molar-refractivity contribution is 6.05. The van der Waals surface area contributed by atoms with E-state index in [-0.39, 0.29) is 0 Å². The number of para-hydroxylation sites is 1. The van der Waals surface area contributed by atoms with Crippen molar-refractivity contribution in [2.45, 2.75) is 0 Å². The Balaban J connectivity index is 2.55. The van der Waals surface area contributed by atoms with Crippen LogP contribution in [0.4, 0.5) is 4.79 Å². The fourth-order valence-electron chi connectivity index (χ4n) is 2.00. The molecule has 0 amide bonds. The second-order valence-electron chi connectivity index (χ2n) is 3.77. The maximum absolute atomic E-state index is 11.8. The van der Waals surface area contributed by atoms with Crippen LogP contribution in [0, 0.1) is 0 Å². The average Bonchev–Trinajstić information content (AvgIpc) is 2.74. The van der Waals surface area contributed by atoms with Crippen molar-refractivity contribution in [3.63, 3.8) is 0 Å². The van der Waals surface area contributed by atoms with Gasteiger partial charge in [0.25, 0.3) is 0 Å². The van der Waals surface area contributed by atoms with Crippen LogP contribution in [-0.2, 0) is 4.74 Å². The topological polar surface area (TPSA) is 77.0 Å². The molecule has 0 unspecified atom stereocenters. The molecule has 0 saturated carbocycles. The minimum Gasteiger partial charge on any atom is -0.452 e. The maximum atomic E-state index is 11.8. The van der Waals surface area contributed by atoms with E-state index < -0.39 is 11.8 Å². The lowest BCUT2D eigenvalue weighted by Gasteiger charge is -2.02. The van der Waals surface area contributed by atoms with E-state index in [0.717, 1.165) is 9.95 Å². The third-order valence-corrected chi connectivity index (χ3v) is 2.77. The molecule has 2 heterocycles. The SMILES string of the molecule is COC(=O)n1c(=O)[nH]c2cnc3ccccc3c21. The van der Waals surface area contributed by atoms with Crippen LogP contribution in [0.5, 0.6) is 0 Å². The Morgan fingerprint density at radius 3 is 2.94 bits per heavy atom. The molecule has 1 N–H and O–H groups in total. The Labute approximate surface area is 101 Å². The Kier molecular flexibility index (Phi) is 2.16. The summed E-state index contributed by atoms with van der Waals surface area (Å²) in [7, 11) is 1.23. The van der Waals surface area contributed by atoms with Gasteiger partial charge in [-0.25, -0.2) is 9.59 Å². The number of benzene rings is 1. The van der Waals surface area contributed by atoms with Crippen molar-refractivity contribution >= 4 is 28.0 Å². The summed E-state index contributed by atoms with van der Waals surface area (Å²) in [5, 5.41) is 0.721. The standard InChI is InChI=1S/C12H9N3O3/c1-18-12(17)15-10-7-4-2-3-5-8(7)13-6-9(10)14-11(15)16/h2-6H,1H3,(H,14,16). The summed E-state index contributed by atoms with van der Waals surface area (Å²) in [4.78, 5) is 30.2. The summed E-state index contributed by atoms with van der Waals surface area (Å²) < 4.78 is 5.59. The fourth-order valence-corrected chi connectivity index (χ4v) is 2.00. The molecule has 3 aromatic rings. The van der Waals surface area contributed by atoms with Crippen LogP contribution in [0.1, 0.15) is 0 Å². The number of nitrogens with one attached hydrogen (secondary N) is 1. The fraction of sp³-hybridized carbons (Fsp3) is 0.0833. The van der Waals surface area contributed by atoms with Crippen LogP contribution in [0.15, 0.2) is 35.3 Å². The quantitative estimate of drug-likeness (QED) is 0.649. The van der Waals surface area contributed by atoms with Crippen LogP contribution in [0.3, 0.4) is 0 Å². The van der Waals surface area contributed by atoms with E-state index in [4.69, 9.17) is 0 Å². The van der Waals surface area contributed by atoms with E-state index in [0.29, 0.717) is 16.6 Å². The molecule has 0 spiro atoms. The largest absolute Gasteiger partial charge is 0.452 e. The number of rotatable bonds is 0. The zero-order valence-electron chi connectivity index (χ0n) is 9.51. The number of fused-ring (bicyclic) bond motifs is 3. The minimum atomic E-state index is -0.720. The number of methoxy groups -OCH3 is 1.